The van der Waals surface area contributed by atoms with E-state index in [0.29, 0.717) is 33.4 Å². The summed E-state index contributed by atoms with van der Waals surface area (Å²) < 4.78 is 77.4. The Morgan fingerprint density at radius 2 is 1.00 bits per heavy atom. The maximum atomic E-state index is 9.16. The second-order valence-corrected chi connectivity index (χ2v) is 9.48. The number of fused-ring (bicyclic) bond motifs is 5. The Hall–Kier alpha value is -5.14. The fraction of sp³-hybridized carbons (Fsp3) is 0. The minimum atomic E-state index is -0.426. The van der Waals surface area contributed by atoms with Gasteiger partial charge in [-0.2, -0.15) is 0 Å². The van der Waals surface area contributed by atoms with Gasteiger partial charge in [-0.15, -0.1) is 0 Å². The van der Waals surface area contributed by atoms with Gasteiger partial charge >= 0.3 is 0 Å². The molecule has 0 atom stereocenters. The predicted molar refractivity (Wildman–Crippen MR) is 165 cm³/mol. The number of benzene rings is 7. The van der Waals surface area contributed by atoms with Crippen LogP contribution in [0.4, 0.5) is 0 Å². The SMILES string of the molecule is [2H]c1c([2H])c([2H])c2c(-c3ccc4oc5c(-c6ccccc6)cccc5c4c3)c3c([2H])c([2H])c([2H])c([2H])c3c(-c3ccccc3)c2c1[2H]. The first-order chi connectivity index (χ1) is 22.7. The Morgan fingerprint density at radius 3 is 1.62 bits per heavy atom. The molecule has 7 aromatic carbocycles. The molecule has 1 nitrogen and oxygen atoms in total. The van der Waals surface area contributed by atoms with Crippen LogP contribution in [0, 0.1) is 0 Å². The fourth-order valence-electron chi connectivity index (χ4n) is 5.61. The molecule has 0 aliphatic rings. The zero-order valence-corrected chi connectivity index (χ0v) is 20.6. The Kier molecular flexibility index (Phi) is 3.42. The van der Waals surface area contributed by atoms with E-state index in [9.17, 15) is 0 Å². The number of furan rings is 1. The highest BCUT2D eigenvalue weighted by molar-refractivity contribution is 6.22. The minimum absolute atomic E-state index is 0.185. The van der Waals surface area contributed by atoms with Gasteiger partial charge in [-0.25, -0.2) is 0 Å². The van der Waals surface area contributed by atoms with Crippen molar-refractivity contribution in [3.63, 3.8) is 0 Å². The Balaban J connectivity index is 1.59. The van der Waals surface area contributed by atoms with Crippen molar-refractivity contribution < 1.29 is 15.4 Å². The van der Waals surface area contributed by atoms with Crippen molar-refractivity contribution in [2.45, 2.75) is 0 Å². The minimum Gasteiger partial charge on any atom is -0.455 e. The zero-order valence-electron chi connectivity index (χ0n) is 28.6. The van der Waals surface area contributed by atoms with Gasteiger partial charge in [0.1, 0.15) is 11.2 Å². The lowest BCUT2D eigenvalue weighted by molar-refractivity contribution is 0.670. The van der Waals surface area contributed by atoms with Crippen LogP contribution in [0.5, 0.6) is 0 Å². The van der Waals surface area contributed by atoms with Crippen LogP contribution in [0.1, 0.15) is 11.0 Å². The quantitative estimate of drug-likeness (QED) is 0.218. The van der Waals surface area contributed by atoms with Gasteiger partial charge in [-0.1, -0.05) is 133 Å². The lowest BCUT2D eigenvalue weighted by Crippen LogP contribution is -1.90. The topological polar surface area (TPSA) is 13.1 Å². The second kappa shape index (κ2) is 8.72. The molecule has 8 aromatic rings. The van der Waals surface area contributed by atoms with Crippen molar-refractivity contribution in [3.8, 4) is 33.4 Å². The molecule has 0 unspecified atom stereocenters. The van der Waals surface area contributed by atoms with Crippen LogP contribution in [-0.4, -0.2) is 0 Å². The summed E-state index contributed by atoms with van der Waals surface area (Å²) in [5, 5.41) is 2.37. The molecule has 0 aliphatic carbocycles. The highest BCUT2D eigenvalue weighted by Gasteiger charge is 2.18. The molecule has 0 aliphatic heterocycles. The molecule has 0 fully saturated rings. The molecular formula is C38H24O. The van der Waals surface area contributed by atoms with Gasteiger partial charge in [0, 0.05) is 16.3 Å². The van der Waals surface area contributed by atoms with E-state index in [2.05, 4.69) is 0 Å². The third-order valence-electron chi connectivity index (χ3n) is 7.31. The van der Waals surface area contributed by atoms with Crippen LogP contribution in [0.3, 0.4) is 0 Å². The molecular weight excluding hydrogens is 472 g/mol. The lowest BCUT2D eigenvalue weighted by atomic mass is 9.86. The van der Waals surface area contributed by atoms with Crippen molar-refractivity contribution >= 4 is 43.5 Å². The van der Waals surface area contributed by atoms with Crippen LogP contribution in [0.25, 0.3) is 76.9 Å². The molecule has 39 heavy (non-hydrogen) atoms. The fourth-order valence-corrected chi connectivity index (χ4v) is 5.61. The molecule has 8 rings (SSSR count). The largest absolute Gasteiger partial charge is 0.455 e. The summed E-state index contributed by atoms with van der Waals surface area (Å²) in [5.74, 6) is 0. The van der Waals surface area contributed by atoms with E-state index < -0.39 is 24.2 Å². The molecule has 0 saturated carbocycles. The van der Waals surface area contributed by atoms with Gasteiger partial charge in [0.15, 0.2) is 0 Å². The number of hydrogen-bond donors (Lipinski definition) is 0. The lowest BCUT2D eigenvalue weighted by Gasteiger charge is -2.17. The molecule has 1 heteroatoms. The summed E-state index contributed by atoms with van der Waals surface area (Å²) in [4.78, 5) is 0. The summed E-state index contributed by atoms with van der Waals surface area (Å²) >= 11 is 0. The van der Waals surface area contributed by atoms with Gasteiger partial charge in [0.05, 0.1) is 11.0 Å². The molecule has 1 aromatic heterocycles. The Labute approximate surface area is 237 Å². The Bertz CT molecular complexity index is 2510. The Morgan fingerprint density at radius 1 is 0.436 bits per heavy atom. The van der Waals surface area contributed by atoms with Crippen molar-refractivity contribution in [3.05, 3.63) is 145 Å². The van der Waals surface area contributed by atoms with E-state index in [1.54, 1.807) is 36.4 Å². The van der Waals surface area contributed by atoms with E-state index in [-0.39, 0.29) is 45.7 Å². The molecule has 0 spiro atoms. The zero-order chi connectivity index (χ0) is 32.7. The monoisotopic (exact) mass is 504 g/mol. The first-order valence-corrected chi connectivity index (χ1v) is 12.7. The van der Waals surface area contributed by atoms with Crippen molar-refractivity contribution in [1.29, 1.82) is 0 Å². The summed E-state index contributed by atoms with van der Waals surface area (Å²) in [5.41, 5.74) is 4.99. The third kappa shape index (κ3) is 3.41. The number of rotatable bonds is 3. The highest BCUT2D eigenvalue weighted by Crippen LogP contribution is 2.45. The summed E-state index contributed by atoms with van der Waals surface area (Å²) in [6.45, 7) is 0. The van der Waals surface area contributed by atoms with Crippen LogP contribution >= 0.6 is 0 Å². The number of para-hydroxylation sites is 1. The predicted octanol–water partition coefficient (Wildman–Crippen LogP) is 10.9. The molecule has 0 N–H and O–H groups in total. The average molecular weight is 505 g/mol. The van der Waals surface area contributed by atoms with E-state index >= 15 is 0 Å². The van der Waals surface area contributed by atoms with E-state index in [1.807, 2.05) is 60.7 Å². The standard InChI is InChI=1S/C38H24O/c1-3-12-25(13-4-1)28-20-11-21-33-34-24-27(22-23-35(34)39-38(28)33)37-31-18-9-7-16-29(31)36(26-14-5-2-6-15-26)30-17-8-10-19-32(30)37/h1-24H/i7D,8D,9D,10D,16D,17D,18D,19D. The summed E-state index contributed by atoms with van der Waals surface area (Å²) in [7, 11) is 0. The van der Waals surface area contributed by atoms with Gasteiger partial charge in [0.25, 0.3) is 0 Å². The molecule has 0 amide bonds. The van der Waals surface area contributed by atoms with Gasteiger partial charge in [-0.05, 0) is 61.5 Å². The summed E-state index contributed by atoms with van der Waals surface area (Å²) in [6, 6.07) is 27.4. The van der Waals surface area contributed by atoms with E-state index in [0.717, 1.165) is 21.9 Å². The first kappa shape index (κ1) is 15.3. The highest BCUT2D eigenvalue weighted by atomic mass is 16.3. The van der Waals surface area contributed by atoms with E-state index in [1.165, 1.54) is 0 Å². The molecule has 182 valence electrons. The third-order valence-corrected chi connectivity index (χ3v) is 7.31. The van der Waals surface area contributed by atoms with E-state index in [4.69, 9.17) is 15.4 Å². The smallest absolute Gasteiger partial charge is 0.143 e. The van der Waals surface area contributed by atoms with Crippen LogP contribution in [0.15, 0.2) is 150 Å². The molecule has 0 radical (unpaired) electrons. The van der Waals surface area contributed by atoms with Gasteiger partial charge < -0.3 is 4.42 Å². The van der Waals surface area contributed by atoms with Crippen molar-refractivity contribution in [2.75, 3.05) is 0 Å². The maximum absolute atomic E-state index is 9.16. The molecule has 1 heterocycles. The number of hydrogen-bond acceptors (Lipinski definition) is 1. The van der Waals surface area contributed by atoms with Crippen LogP contribution in [0.2, 0.25) is 0 Å². The maximum Gasteiger partial charge on any atom is 0.143 e. The average Bonchev–Trinajstić information content (AvgIpc) is 3.49. The normalized spacial score (nSPS) is 14.5. The van der Waals surface area contributed by atoms with Crippen LogP contribution < -0.4 is 0 Å². The van der Waals surface area contributed by atoms with Crippen molar-refractivity contribution in [2.24, 2.45) is 0 Å². The molecule has 0 bridgehead atoms. The molecule has 0 saturated heterocycles. The van der Waals surface area contributed by atoms with Gasteiger partial charge in [0.2, 0.25) is 0 Å². The summed E-state index contributed by atoms with van der Waals surface area (Å²) in [6.07, 6.45) is 0. The first-order valence-electron chi connectivity index (χ1n) is 16.7. The second-order valence-electron chi connectivity index (χ2n) is 9.48. The van der Waals surface area contributed by atoms with Gasteiger partial charge in [-0.3, -0.25) is 0 Å². The van der Waals surface area contributed by atoms with Crippen LogP contribution in [-0.2, 0) is 0 Å². The van der Waals surface area contributed by atoms with Crippen molar-refractivity contribution in [1.82, 2.24) is 0 Å².